The average Bonchev–Trinajstić information content (AvgIpc) is 3.01. The number of hydrogen-bond donors (Lipinski definition) is 1. The Labute approximate surface area is 133 Å². The van der Waals surface area contributed by atoms with Gasteiger partial charge in [-0.15, -0.1) is 0 Å². The Bertz CT molecular complexity index is 733. The Morgan fingerprint density at radius 2 is 2.13 bits per heavy atom. The zero-order valence-electron chi connectivity index (χ0n) is 11.7. The van der Waals surface area contributed by atoms with Crippen LogP contribution in [0.1, 0.15) is 16.8 Å². The van der Waals surface area contributed by atoms with Crippen LogP contribution in [0.2, 0.25) is 0 Å². The lowest BCUT2D eigenvalue weighted by molar-refractivity contribution is -0.385. The molecule has 1 amide bonds. The molecule has 9 heteroatoms. The highest BCUT2D eigenvalue weighted by Gasteiger charge is 2.19. The highest BCUT2D eigenvalue weighted by Crippen LogP contribution is 2.27. The number of nitrogens with one attached hydrogen (secondary N) is 1. The number of thiophene rings is 1. The van der Waals surface area contributed by atoms with E-state index in [1.54, 1.807) is 16.8 Å². The Morgan fingerprint density at radius 3 is 2.78 bits per heavy atom. The number of hydrogen-bond acceptors (Lipinski definition) is 6. The maximum atomic E-state index is 13.1. The van der Waals surface area contributed by atoms with E-state index in [9.17, 15) is 24.1 Å². The van der Waals surface area contributed by atoms with Crippen molar-refractivity contribution < 1.29 is 23.6 Å². The summed E-state index contributed by atoms with van der Waals surface area (Å²) in [4.78, 5) is 33.3. The number of nitro benzene ring substituents is 1. The van der Waals surface area contributed by atoms with Crippen molar-refractivity contribution >= 4 is 28.9 Å². The fourth-order valence-corrected chi connectivity index (χ4v) is 2.30. The Kier molecular flexibility index (Phi) is 5.36. The number of esters is 1. The van der Waals surface area contributed by atoms with Gasteiger partial charge in [0.25, 0.3) is 5.91 Å². The van der Waals surface area contributed by atoms with Crippen molar-refractivity contribution in [2.75, 3.05) is 6.54 Å². The van der Waals surface area contributed by atoms with Crippen molar-refractivity contribution in [3.63, 3.8) is 0 Å². The van der Waals surface area contributed by atoms with Gasteiger partial charge in [0.1, 0.15) is 5.82 Å². The molecule has 2 rings (SSSR count). The molecule has 120 valence electrons. The summed E-state index contributed by atoms with van der Waals surface area (Å²) < 4.78 is 17.9. The third-order valence-corrected chi connectivity index (χ3v) is 3.42. The largest absolute Gasteiger partial charge is 0.419 e. The highest BCUT2D eigenvalue weighted by molar-refractivity contribution is 7.08. The molecule has 0 fully saturated rings. The van der Waals surface area contributed by atoms with Crippen molar-refractivity contribution in [3.8, 4) is 5.75 Å². The van der Waals surface area contributed by atoms with Gasteiger partial charge in [-0.1, -0.05) is 0 Å². The lowest BCUT2D eigenvalue weighted by Gasteiger charge is -2.06. The zero-order chi connectivity index (χ0) is 16.8. The van der Waals surface area contributed by atoms with Gasteiger partial charge in [0.05, 0.1) is 11.3 Å². The predicted molar refractivity (Wildman–Crippen MR) is 80.0 cm³/mol. The summed E-state index contributed by atoms with van der Waals surface area (Å²) in [5, 5.41) is 16.7. The summed E-state index contributed by atoms with van der Waals surface area (Å²) in [5.41, 5.74) is -0.0359. The maximum Gasteiger partial charge on any atom is 0.313 e. The fraction of sp³-hybridized carbons (Fsp3) is 0.143. The van der Waals surface area contributed by atoms with Gasteiger partial charge in [-0.3, -0.25) is 19.7 Å². The number of carbonyl (C=O) groups is 2. The van der Waals surface area contributed by atoms with Gasteiger partial charge in [-0.25, -0.2) is 4.39 Å². The molecule has 1 N–H and O–H groups in total. The van der Waals surface area contributed by atoms with Crippen molar-refractivity contribution in [1.29, 1.82) is 0 Å². The minimum Gasteiger partial charge on any atom is -0.419 e. The summed E-state index contributed by atoms with van der Waals surface area (Å²) in [6.45, 7) is -0.00335. The minimum absolute atomic E-state index is 0.00335. The van der Waals surface area contributed by atoms with E-state index in [0.29, 0.717) is 5.56 Å². The van der Waals surface area contributed by atoms with Crippen LogP contribution in [0.3, 0.4) is 0 Å². The minimum atomic E-state index is -0.815. The van der Waals surface area contributed by atoms with Gasteiger partial charge in [-0.05, 0) is 17.5 Å². The first-order valence-electron chi connectivity index (χ1n) is 6.42. The van der Waals surface area contributed by atoms with Crippen LogP contribution in [0.25, 0.3) is 0 Å². The topological polar surface area (TPSA) is 98.5 Å². The molecule has 23 heavy (non-hydrogen) atoms. The maximum absolute atomic E-state index is 13.1. The molecule has 0 aliphatic carbocycles. The fourth-order valence-electron chi connectivity index (χ4n) is 1.67. The molecule has 7 nitrogen and oxygen atoms in total. The van der Waals surface area contributed by atoms with Gasteiger partial charge in [0.15, 0.2) is 0 Å². The summed E-state index contributed by atoms with van der Waals surface area (Å²) >= 11 is 1.36. The van der Waals surface area contributed by atoms with Crippen LogP contribution < -0.4 is 10.1 Å². The molecule has 2 aromatic rings. The summed E-state index contributed by atoms with van der Waals surface area (Å²) in [6, 6.07) is 4.21. The molecule has 0 saturated heterocycles. The molecule has 1 aromatic carbocycles. The van der Waals surface area contributed by atoms with Gasteiger partial charge in [0, 0.05) is 29.6 Å². The second-order valence-corrected chi connectivity index (χ2v) is 5.14. The first-order chi connectivity index (χ1) is 11.0. The number of amides is 1. The van der Waals surface area contributed by atoms with Crippen molar-refractivity contribution in [1.82, 2.24) is 5.32 Å². The van der Waals surface area contributed by atoms with E-state index >= 15 is 0 Å². The first kappa shape index (κ1) is 16.6. The summed E-state index contributed by atoms with van der Waals surface area (Å²) in [6.07, 6.45) is -0.205. The predicted octanol–water partition coefficient (Wildman–Crippen LogP) is 2.52. The number of carbonyl (C=O) groups excluding carboxylic acids is 2. The molecule has 0 radical (unpaired) electrons. The zero-order valence-corrected chi connectivity index (χ0v) is 12.5. The van der Waals surface area contributed by atoms with E-state index in [2.05, 4.69) is 5.32 Å². The number of nitrogens with zero attached hydrogens (tertiary/aromatic N) is 1. The second kappa shape index (κ2) is 7.45. The van der Waals surface area contributed by atoms with Gasteiger partial charge in [0.2, 0.25) is 5.75 Å². The monoisotopic (exact) mass is 338 g/mol. The van der Waals surface area contributed by atoms with E-state index in [4.69, 9.17) is 4.74 Å². The number of nitro groups is 1. The van der Waals surface area contributed by atoms with Crippen LogP contribution >= 0.6 is 11.3 Å². The summed E-state index contributed by atoms with van der Waals surface area (Å²) in [5.74, 6) is -2.38. The molecule has 0 bridgehead atoms. The van der Waals surface area contributed by atoms with Crippen LogP contribution in [0.5, 0.6) is 5.75 Å². The molecule has 0 aliphatic rings. The average molecular weight is 338 g/mol. The van der Waals surface area contributed by atoms with E-state index < -0.39 is 28.1 Å². The van der Waals surface area contributed by atoms with Gasteiger partial charge in [-0.2, -0.15) is 11.3 Å². The molecule has 0 atom stereocenters. The van der Waals surface area contributed by atoms with E-state index in [-0.39, 0.29) is 18.9 Å². The van der Waals surface area contributed by atoms with Crippen LogP contribution in [-0.4, -0.2) is 23.3 Å². The quantitative estimate of drug-likeness (QED) is 0.378. The van der Waals surface area contributed by atoms with E-state index in [1.807, 2.05) is 0 Å². The van der Waals surface area contributed by atoms with Crippen LogP contribution in [0.4, 0.5) is 10.1 Å². The smallest absolute Gasteiger partial charge is 0.313 e. The highest BCUT2D eigenvalue weighted by atomic mass is 32.1. The first-order valence-corrected chi connectivity index (χ1v) is 7.36. The lowest BCUT2D eigenvalue weighted by Crippen LogP contribution is -2.26. The van der Waals surface area contributed by atoms with Crippen molar-refractivity contribution in [3.05, 3.63) is 56.5 Å². The molecule has 0 unspecified atom stereocenters. The Hall–Kier alpha value is -2.81. The molecular weight excluding hydrogens is 327 g/mol. The molecule has 1 heterocycles. The number of benzene rings is 1. The lowest BCUT2D eigenvalue weighted by atomic mass is 10.3. The van der Waals surface area contributed by atoms with E-state index in [0.717, 1.165) is 18.2 Å². The van der Waals surface area contributed by atoms with Crippen LogP contribution in [-0.2, 0) is 4.79 Å². The number of ether oxygens (including phenoxy) is 1. The molecule has 1 aromatic heterocycles. The molecule has 0 saturated carbocycles. The SMILES string of the molecule is O=C(CCNC(=O)c1ccsc1)Oc1cc(F)ccc1[N+](=O)[O-]. The standard InChI is InChI=1S/C14H11FN2O5S/c15-10-1-2-11(17(20)21)12(7-10)22-13(18)3-5-16-14(19)9-4-6-23-8-9/h1-2,4,6-8H,3,5H2,(H,16,19). The molecular formula is C14H11FN2O5S. The number of rotatable bonds is 6. The molecule has 0 aliphatic heterocycles. The second-order valence-electron chi connectivity index (χ2n) is 4.36. The van der Waals surface area contributed by atoms with E-state index in [1.165, 1.54) is 11.3 Å². The van der Waals surface area contributed by atoms with Crippen molar-refractivity contribution in [2.45, 2.75) is 6.42 Å². The van der Waals surface area contributed by atoms with Crippen LogP contribution in [0.15, 0.2) is 35.0 Å². The van der Waals surface area contributed by atoms with Crippen molar-refractivity contribution in [2.24, 2.45) is 0 Å². The van der Waals surface area contributed by atoms with Gasteiger partial charge < -0.3 is 10.1 Å². The normalized spacial score (nSPS) is 10.1. The van der Waals surface area contributed by atoms with Crippen LogP contribution in [0, 0.1) is 15.9 Å². The third-order valence-electron chi connectivity index (χ3n) is 2.74. The summed E-state index contributed by atoms with van der Waals surface area (Å²) in [7, 11) is 0. The van der Waals surface area contributed by atoms with Gasteiger partial charge >= 0.3 is 11.7 Å². The Morgan fingerprint density at radius 1 is 1.35 bits per heavy atom. The third kappa shape index (κ3) is 4.58. The number of halogens is 1. The Balaban J connectivity index is 1.89. The molecule has 0 spiro atoms.